The van der Waals surface area contributed by atoms with Gasteiger partial charge in [0.15, 0.2) is 5.16 Å². The zero-order valence-corrected chi connectivity index (χ0v) is 20.5. The Hall–Kier alpha value is -3.07. The predicted molar refractivity (Wildman–Crippen MR) is 138 cm³/mol. The van der Waals surface area contributed by atoms with E-state index in [1.54, 1.807) is 18.2 Å². The van der Waals surface area contributed by atoms with Crippen LogP contribution in [0.5, 0.6) is 0 Å². The van der Waals surface area contributed by atoms with E-state index in [0.29, 0.717) is 28.2 Å². The van der Waals surface area contributed by atoms with Crippen molar-refractivity contribution in [3.05, 3.63) is 76.5 Å². The van der Waals surface area contributed by atoms with E-state index in [0.717, 1.165) is 16.5 Å². The van der Waals surface area contributed by atoms with E-state index in [1.165, 1.54) is 11.8 Å². The van der Waals surface area contributed by atoms with Gasteiger partial charge < -0.3 is 15.2 Å². The lowest BCUT2D eigenvalue weighted by molar-refractivity contribution is -0.116. The van der Waals surface area contributed by atoms with Crippen LogP contribution in [0.4, 0.5) is 11.4 Å². The number of nitrogens with one attached hydrogen (secondary N) is 2. The first kappa shape index (κ1) is 24.1. The van der Waals surface area contributed by atoms with Crippen LogP contribution in [-0.2, 0) is 22.6 Å². The Morgan fingerprint density at radius 3 is 2.53 bits per heavy atom. The Morgan fingerprint density at radius 2 is 1.74 bits per heavy atom. The van der Waals surface area contributed by atoms with Crippen LogP contribution in [-0.4, -0.2) is 32.3 Å². The highest BCUT2D eigenvalue weighted by Gasteiger charge is 2.17. The number of fused-ring (bicyclic) bond motifs is 1. The number of carbonyl (C=O) groups excluding carboxylic acids is 2. The second kappa shape index (κ2) is 10.9. The SMILES string of the molecule is CCn1c(CC(=O)Nc2cccc(Cl)c2Cl)nnc1SCC(=O)Nc1ccc2ccccc2c1. The topological polar surface area (TPSA) is 88.9 Å². The molecule has 1 heterocycles. The smallest absolute Gasteiger partial charge is 0.234 e. The van der Waals surface area contributed by atoms with E-state index in [2.05, 4.69) is 20.8 Å². The fourth-order valence-electron chi connectivity index (χ4n) is 3.41. The molecule has 7 nitrogen and oxygen atoms in total. The molecule has 0 aliphatic rings. The van der Waals surface area contributed by atoms with Crippen LogP contribution in [0.1, 0.15) is 12.7 Å². The molecule has 10 heteroatoms. The molecule has 0 aliphatic carbocycles. The minimum Gasteiger partial charge on any atom is -0.325 e. The van der Waals surface area contributed by atoms with Gasteiger partial charge in [-0.3, -0.25) is 9.59 Å². The maximum Gasteiger partial charge on any atom is 0.234 e. The predicted octanol–water partition coefficient (Wildman–Crippen LogP) is 5.67. The van der Waals surface area contributed by atoms with E-state index in [9.17, 15) is 9.59 Å². The molecule has 1 aromatic heterocycles. The monoisotopic (exact) mass is 513 g/mol. The van der Waals surface area contributed by atoms with Gasteiger partial charge in [-0.15, -0.1) is 10.2 Å². The highest BCUT2D eigenvalue weighted by atomic mass is 35.5. The average molecular weight is 514 g/mol. The van der Waals surface area contributed by atoms with Crippen LogP contribution in [0, 0.1) is 0 Å². The largest absolute Gasteiger partial charge is 0.325 e. The number of hydrogen-bond donors (Lipinski definition) is 2. The fourth-order valence-corrected chi connectivity index (χ4v) is 4.58. The van der Waals surface area contributed by atoms with Crippen molar-refractivity contribution in [3.63, 3.8) is 0 Å². The number of nitrogens with zero attached hydrogens (tertiary/aromatic N) is 3. The summed E-state index contributed by atoms with van der Waals surface area (Å²) in [5.74, 6) is 0.211. The fraction of sp³-hybridized carbons (Fsp3) is 0.167. The van der Waals surface area contributed by atoms with E-state index >= 15 is 0 Å². The Kier molecular flexibility index (Phi) is 7.72. The number of benzene rings is 3. The Morgan fingerprint density at radius 1 is 0.941 bits per heavy atom. The van der Waals surface area contributed by atoms with Gasteiger partial charge >= 0.3 is 0 Å². The number of thioether (sulfide) groups is 1. The third kappa shape index (κ3) is 5.70. The highest BCUT2D eigenvalue weighted by Crippen LogP contribution is 2.29. The van der Waals surface area contributed by atoms with Gasteiger partial charge in [-0.1, -0.05) is 71.4 Å². The molecule has 3 aromatic carbocycles. The zero-order chi connectivity index (χ0) is 24.1. The molecule has 0 spiro atoms. The molecule has 34 heavy (non-hydrogen) atoms. The van der Waals surface area contributed by atoms with Crippen molar-refractivity contribution in [3.8, 4) is 0 Å². The lowest BCUT2D eigenvalue weighted by Crippen LogP contribution is -2.18. The summed E-state index contributed by atoms with van der Waals surface area (Å²) in [6, 6.07) is 18.8. The first-order chi connectivity index (χ1) is 16.4. The summed E-state index contributed by atoms with van der Waals surface area (Å²) in [6.07, 6.45) is 0.00747. The van der Waals surface area contributed by atoms with Crippen molar-refractivity contribution in [2.45, 2.75) is 25.0 Å². The number of carbonyl (C=O) groups is 2. The first-order valence-electron chi connectivity index (χ1n) is 10.5. The van der Waals surface area contributed by atoms with Gasteiger partial charge in [0.2, 0.25) is 11.8 Å². The Balaban J connectivity index is 1.36. The number of amides is 2. The zero-order valence-electron chi connectivity index (χ0n) is 18.2. The minimum absolute atomic E-state index is 0.00747. The molecule has 2 amide bonds. The van der Waals surface area contributed by atoms with Crippen molar-refractivity contribution < 1.29 is 9.59 Å². The lowest BCUT2D eigenvalue weighted by atomic mass is 10.1. The summed E-state index contributed by atoms with van der Waals surface area (Å²) in [5.41, 5.74) is 1.17. The van der Waals surface area contributed by atoms with Crippen molar-refractivity contribution in [1.82, 2.24) is 14.8 Å². The number of aromatic nitrogens is 3. The van der Waals surface area contributed by atoms with Crippen LogP contribution in [0.25, 0.3) is 10.8 Å². The molecule has 0 fully saturated rings. The summed E-state index contributed by atoms with van der Waals surface area (Å²) < 4.78 is 1.81. The molecular weight excluding hydrogens is 493 g/mol. The number of rotatable bonds is 8. The Labute approximate surface area is 210 Å². The molecule has 4 aromatic rings. The highest BCUT2D eigenvalue weighted by molar-refractivity contribution is 7.99. The Bertz CT molecular complexity index is 1360. The van der Waals surface area contributed by atoms with Gasteiger partial charge in [0.1, 0.15) is 5.82 Å². The molecule has 0 unspecified atom stereocenters. The molecular formula is C24H21Cl2N5O2S. The molecule has 0 atom stereocenters. The lowest BCUT2D eigenvalue weighted by Gasteiger charge is -2.10. The molecule has 2 N–H and O–H groups in total. The summed E-state index contributed by atoms with van der Waals surface area (Å²) in [6.45, 7) is 2.49. The van der Waals surface area contributed by atoms with Crippen LogP contribution in [0.3, 0.4) is 0 Å². The quantitative estimate of drug-likeness (QED) is 0.296. The molecule has 0 saturated carbocycles. The van der Waals surface area contributed by atoms with Crippen molar-refractivity contribution in [2.24, 2.45) is 0 Å². The maximum absolute atomic E-state index is 12.5. The summed E-state index contributed by atoms with van der Waals surface area (Å²) >= 11 is 13.4. The second-order valence-electron chi connectivity index (χ2n) is 7.37. The number of hydrogen-bond acceptors (Lipinski definition) is 5. The minimum atomic E-state index is -0.295. The van der Waals surface area contributed by atoms with Gasteiger partial charge in [-0.25, -0.2) is 0 Å². The molecule has 0 saturated heterocycles. The molecule has 0 radical (unpaired) electrons. The van der Waals surface area contributed by atoms with Gasteiger partial charge in [0.05, 0.1) is 27.9 Å². The third-order valence-corrected chi connectivity index (χ3v) is 6.81. The molecule has 174 valence electrons. The number of anilines is 2. The van der Waals surface area contributed by atoms with Crippen molar-refractivity contribution >= 4 is 68.9 Å². The van der Waals surface area contributed by atoms with Crippen molar-refractivity contribution in [2.75, 3.05) is 16.4 Å². The molecule has 0 aliphatic heterocycles. The number of halogens is 2. The van der Waals surface area contributed by atoms with Gasteiger partial charge in [-0.05, 0) is 42.0 Å². The summed E-state index contributed by atoms with van der Waals surface area (Å²) in [5, 5.41) is 17.3. The maximum atomic E-state index is 12.5. The first-order valence-corrected chi connectivity index (χ1v) is 12.3. The van der Waals surface area contributed by atoms with E-state index in [4.69, 9.17) is 23.2 Å². The van der Waals surface area contributed by atoms with Gasteiger partial charge in [0.25, 0.3) is 0 Å². The normalized spacial score (nSPS) is 10.9. The van der Waals surface area contributed by atoms with E-state index in [-0.39, 0.29) is 29.0 Å². The summed E-state index contributed by atoms with van der Waals surface area (Å²) in [7, 11) is 0. The van der Waals surface area contributed by atoms with E-state index < -0.39 is 0 Å². The molecule has 4 rings (SSSR count). The van der Waals surface area contributed by atoms with E-state index in [1.807, 2.05) is 54.0 Å². The van der Waals surface area contributed by atoms with Crippen LogP contribution in [0.15, 0.2) is 65.8 Å². The van der Waals surface area contributed by atoms with Crippen LogP contribution >= 0.6 is 35.0 Å². The molecule has 0 bridgehead atoms. The standard InChI is InChI=1S/C24H21Cl2N5O2S/c1-2-31-20(13-21(32)28-19-9-5-8-18(25)23(19)26)29-30-24(31)34-14-22(33)27-17-11-10-15-6-3-4-7-16(15)12-17/h3-12H,2,13-14H2,1H3,(H,27,33)(H,28,32). The van der Waals surface area contributed by atoms with Gasteiger partial charge in [-0.2, -0.15) is 0 Å². The van der Waals surface area contributed by atoms with Crippen molar-refractivity contribution in [1.29, 1.82) is 0 Å². The third-order valence-electron chi connectivity index (χ3n) is 5.02. The summed E-state index contributed by atoms with van der Waals surface area (Å²) in [4.78, 5) is 25.0. The van der Waals surface area contributed by atoms with Crippen LogP contribution < -0.4 is 10.6 Å². The second-order valence-corrected chi connectivity index (χ2v) is 9.10. The van der Waals surface area contributed by atoms with Crippen LogP contribution in [0.2, 0.25) is 10.0 Å². The van der Waals surface area contributed by atoms with Gasteiger partial charge in [0, 0.05) is 12.2 Å². The average Bonchev–Trinajstić information content (AvgIpc) is 3.21.